The first-order valence-corrected chi connectivity index (χ1v) is 5.76. The molecule has 3 N–H and O–H groups in total. The molecule has 0 bridgehead atoms. The summed E-state index contributed by atoms with van der Waals surface area (Å²) < 4.78 is 4.47. The lowest BCUT2D eigenvalue weighted by Gasteiger charge is -1.49. The molecule has 4 heterocycles. The van der Waals surface area contributed by atoms with E-state index in [-0.39, 0.29) is 0 Å². The van der Waals surface area contributed by atoms with Gasteiger partial charge in [-0.25, -0.2) is 9.97 Å². The number of aromatic nitrogens is 6. The van der Waals surface area contributed by atoms with Gasteiger partial charge in [-0.15, -0.1) is 0 Å². The first-order chi connectivity index (χ1) is 10.0. The third-order valence-electron chi connectivity index (χ3n) is 1.66. The van der Waals surface area contributed by atoms with Crippen LogP contribution in [0.2, 0.25) is 0 Å². The number of nitrogens with zero attached hydrogens (tertiary/aromatic N) is 3. The molecule has 0 amide bonds. The fraction of sp³-hybridized carbons (Fsp3) is 0. The lowest BCUT2D eigenvalue weighted by molar-refractivity contribution is 0.558. The average Bonchev–Trinajstić information content (AvgIpc) is 3.40. The molecule has 7 heteroatoms. The molecule has 4 aromatic rings. The molecule has 0 saturated heterocycles. The van der Waals surface area contributed by atoms with Crippen molar-refractivity contribution in [1.29, 1.82) is 0 Å². The topological polar surface area (TPSA) is 99.2 Å². The normalized spacial score (nSPS) is 8.00. The molecular formula is C13H16N6O. The molecule has 0 spiro atoms. The standard InChI is InChI=1S/C4H5N.2C3H4N2.C3H3NO/c1-2-4-5-3-1;1-2-5-3-4-1;1-2-4-5-3-1;1-2-5-3-4-1/h1-5H;2*1-3H,(H,4,5);1-3H. The largest absolute Gasteiger partial charge is 0.452 e. The summed E-state index contributed by atoms with van der Waals surface area (Å²) in [4.78, 5) is 12.8. The van der Waals surface area contributed by atoms with E-state index in [9.17, 15) is 0 Å². The highest BCUT2D eigenvalue weighted by Gasteiger charge is 1.59. The maximum absolute atomic E-state index is 4.47. The van der Waals surface area contributed by atoms with Crippen molar-refractivity contribution in [2.75, 3.05) is 0 Å². The van der Waals surface area contributed by atoms with E-state index < -0.39 is 0 Å². The molecule has 0 unspecified atom stereocenters. The van der Waals surface area contributed by atoms with Gasteiger partial charge in [0.1, 0.15) is 6.26 Å². The van der Waals surface area contributed by atoms with Crippen LogP contribution in [-0.2, 0) is 0 Å². The Hall–Kier alpha value is -3.09. The van der Waals surface area contributed by atoms with E-state index in [1.165, 1.54) is 12.7 Å². The van der Waals surface area contributed by atoms with Gasteiger partial charge in [0.25, 0.3) is 0 Å². The second-order valence-corrected chi connectivity index (χ2v) is 3.09. The van der Waals surface area contributed by atoms with E-state index in [1.807, 2.05) is 30.6 Å². The highest BCUT2D eigenvalue weighted by molar-refractivity contribution is 4.84. The average molecular weight is 272 g/mol. The third kappa shape index (κ3) is 10.1. The molecular weight excluding hydrogens is 256 g/mol. The fourth-order valence-corrected chi connectivity index (χ4v) is 0.884. The molecule has 4 aromatic heterocycles. The zero-order chi connectivity index (χ0) is 14.1. The number of hydrogen-bond acceptors (Lipinski definition) is 4. The summed E-state index contributed by atoms with van der Waals surface area (Å²) in [5.41, 5.74) is 0. The molecule has 0 radical (unpaired) electrons. The first kappa shape index (κ1) is 15.0. The van der Waals surface area contributed by atoms with E-state index in [1.54, 1.807) is 37.3 Å². The van der Waals surface area contributed by atoms with Crippen LogP contribution in [0.1, 0.15) is 0 Å². The second kappa shape index (κ2) is 12.4. The Labute approximate surface area is 116 Å². The summed E-state index contributed by atoms with van der Waals surface area (Å²) in [5, 5.41) is 6.21. The van der Waals surface area contributed by atoms with Crippen LogP contribution >= 0.6 is 0 Å². The van der Waals surface area contributed by atoms with Gasteiger partial charge in [-0.2, -0.15) is 5.10 Å². The summed E-state index contributed by atoms with van der Waals surface area (Å²) >= 11 is 0. The second-order valence-electron chi connectivity index (χ2n) is 3.09. The van der Waals surface area contributed by atoms with Gasteiger partial charge in [0, 0.05) is 37.2 Å². The van der Waals surface area contributed by atoms with E-state index in [0.717, 1.165) is 0 Å². The molecule has 0 aromatic carbocycles. The Morgan fingerprint density at radius 3 is 1.85 bits per heavy atom. The van der Waals surface area contributed by atoms with Crippen molar-refractivity contribution in [2.45, 2.75) is 0 Å². The molecule has 4 rings (SSSR count). The van der Waals surface area contributed by atoms with Crippen LogP contribution < -0.4 is 0 Å². The van der Waals surface area contributed by atoms with Crippen molar-refractivity contribution < 1.29 is 4.42 Å². The van der Waals surface area contributed by atoms with Crippen molar-refractivity contribution in [3.05, 3.63) is 80.6 Å². The molecule has 0 aliphatic heterocycles. The van der Waals surface area contributed by atoms with Gasteiger partial charge in [-0.1, -0.05) is 0 Å². The summed E-state index contributed by atoms with van der Waals surface area (Å²) in [6.07, 6.45) is 16.8. The maximum Gasteiger partial charge on any atom is 0.180 e. The third-order valence-corrected chi connectivity index (χ3v) is 1.66. The van der Waals surface area contributed by atoms with Gasteiger partial charge in [0.15, 0.2) is 6.39 Å². The summed E-state index contributed by atoms with van der Waals surface area (Å²) in [6, 6.07) is 5.72. The smallest absolute Gasteiger partial charge is 0.180 e. The monoisotopic (exact) mass is 272 g/mol. The number of rotatable bonds is 0. The van der Waals surface area contributed by atoms with Gasteiger partial charge in [-0.3, -0.25) is 5.10 Å². The molecule has 7 nitrogen and oxygen atoms in total. The molecule has 0 fully saturated rings. The maximum atomic E-state index is 4.47. The van der Waals surface area contributed by atoms with Crippen LogP contribution in [0.4, 0.5) is 0 Å². The fourth-order valence-electron chi connectivity index (χ4n) is 0.884. The molecule has 0 atom stereocenters. The van der Waals surface area contributed by atoms with Crippen LogP contribution in [0, 0.1) is 0 Å². The Bertz CT molecular complexity index is 354. The first-order valence-electron chi connectivity index (χ1n) is 5.76. The lowest BCUT2D eigenvalue weighted by atomic mass is 10.7. The van der Waals surface area contributed by atoms with Crippen molar-refractivity contribution in [3.8, 4) is 0 Å². The minimum atomic E-state index is 1.38. The SMILES string of the molecule is c1c[nH]cn1.c1cc[nH]c1.c1cn[nH]c1.c1cocn1. The van der Waals surface area contributed by atoms with Crippen LogP contribution in [0.15, 0.2) is 85.0 Å². The van der Waals surface area contributed by atoms with E-state index in [4.69, 9.17) is 0 Å². The van der Waals surface area contributed by atoms with Gasteiger partial charge < -0.3 is 14.4 Å². The Balaban J connectivity index is 0.000000133. The van der Waals surface area contributed by atoms with Crippen LogP contribution in [0.5, 0.6) is 0 Å². The van der Waals surface area contributed by atoms with E-state index >= 15 is 0 Å². The molecule has 0 aliphatic carbocycles. The summed E-state index contributed by atoms with van der Waals surface area (Å²) in [5.74, 6) is 0. The Morgan fingerprint density at radius 2 is 1.65 bits per heavy atom. The molecule has 104 valence electrons. The zero-order valence-corrected chi connectivity index (χ0v) is 10.8. The Kier molecular flexibility index (Phi) is 9.26. The Morgan fingerprint density at radius 1 is 0.750 bits per heavy atom. The van der Waals surface area contributed by atoms with E-state index in [2.05, 4.69) is 34.6 Å². The predicted octanol–water partition coefficient (Wildman–Crippen LogP) is 2.51. The predicted molar refractivity (Wildman–Crippen MR) is 74.5 cm³/mol. The number of H-pyrrole nitrogens is 3. The molecule has 0 aliphatic rings. The van der Waals surface area contributed by atoms with Gasteiger partial charge in [0.05, 0.1) is 12.5 Å². The van der Waals surface area contributed by atoms with Crippen molar-refractivity contribution in [1.82, 2.24) is 30.1 Å². The highest BCUT2D eigenvalue weighted by Crippen LogP contribution is 1.72. The number of aromatic amines is 3. The highest BCUT2D eigenvalue weighted by atomic mass is 16.3. The quantitative estimate of drug-likeness (QED) is 0.458. The minimum Gasteiger partial charge on any atom is -0.452 e. The van der Waals surface area contributed by atoms with Crippen LogP contribution in [0.25, 0.3) is 0 Å². The number of oxazole rings is 1. The summed E-state index contributed by atoms with van der Waals surface area (Å²) in [7, 11) is 0. The number of nitrogens with one attached hydrogen (secondary N) is 3. The minimum absolute atomic E-state index is 1.38. The number of imidazole rings is 1. The van der Waals surface area contributed by atoms with Gasteiger partial charge in [-0.05, 0) is 18.2 Å². The zero-order valence-electron chi connectivity index (χ0n) is 10.8. The van der Waals surface area contributed by atoms with Crippen molar-refractivity contribution in [3.63, 3.8) is 0 Å². The van der Waals surface area contributed by atoms with Crippen LogP contribution in [-0.4, -0.2) is 30.1 Å². The lowest BCUT2D eigenvalue weighted by Crippen LogP contribution is -1.53. The van der Waals surface area contributed by atoms with Gasteiger partial charge in [0.2, 0.25) is 0 Å². The van der Waals surface area contributed by atoms with Crippen LogP contribution in [0.3, 0.4) is 0 Å². The van der Waals surface area contributed by atoms with E-state index in [0.29, 0.717) is 0 Å². The number of hydrogen-bond donors (Lipinski definition) is 3. The van der Waals surface area contributed by atoms with Gasteiger partial charge >= 0.3 is 0 Å². The summed E-state index contributed by atoms with van der Waals surface area (Å²) in [6.45, 7) is 0. The van der Waals surface area contributed by atoms with Crippen molar-refractivity contribution >= 4 is 0 Å². The van der Waals surface area contributed by atoms with Crippen molar-refractivity contribution in [2.24, 2.45) is 0 Å². The molecule has 20 heavy (non-hydrogen) atoms. The molecule has 0 saturated carbocycles.